The third kappa shape index (κ3) is 5.35. The third-order valence-corrected chi connectivity index (χ3v) is 3.78. The van der Waals surface area contributed by atoms with Crippen LogP contribution in [0.15, 0.2) is 42.5 Å². The largest absolute Gasteiger partial charge is 0.494 e. The Morgan fingerprint density at radius 1 is 1.00 bits per heavy atom. The highest BCUT2D eigenvalue weighted by atomic mass is 16.5. The molecule has 0 saturated heterocycles. The van der Waals surface area contributed by atoms with Crippen molar-refractivity contribution < 1.29 is 14.3 Å². The fraction of sp³-hybridized carbons (Fsp3) is 0.300. The van der Waals surface area contributed by atoms with Gasteiger partial charge in [-0.3, -0.25) is 9.59 Å². The molecule has 0 radical (unpaired) electrons. The number of ether oxygens (including phenoxy) is 1. The Morgan fingerprint density at radius 2 is 1.64 bits per heavy atom. The molecule has 0 saturated carbocycles. The van der Waals surface area contributed by atoms with Crippen LogP contribution in [0, 0.1) is 6.92 Å². The fourth-order valence-electron chi connectivity index (χ4n) is 2.33. The number of nitrogens with one attached hydrogen (secondary N) is 2. The van der Waals surface area contributed by atoms with E-state index in [1.807, 2.05) is 6.92 Å². The minimum atomic E-state index is -0.205. The van der Waals surface area contributed by atoms with Crippen LogP contribution in [-0.4, -0.2) is 18.4 Å². The summed E-state index contributed by atoms with van der Waals surface area (Å²) in [6.07, 6.45) is 2.09. The number of hydrogen-bond donors (Lipinski definition) is 2. The van der Waals surface area contributed by atoms with Crippen molar-refractivity contribution in [2.45, 2.75) is 33.6 Å². The van der Waals surface area contributed by atoms with Gasteiger partial charge in [-0.05, 0) is 55.3 Å². The van der Waals surface area contributed by atoms with E-state index < -0.39 is 0 Å². The molecule has 5 nitrogen and oxygen atoms in total. The van der Waals surface area contributed by atoms with E-state index in [0.717, 1.165) is 24.2 Å². The first-order valence-corrected chi connectivity index (χ1v) is 8.42. The monoisotopic (exact) mass is 340 g/mol. The van der Waals surface area contributed by atoms with E-state index in [2.05, 4.69) is 17.6 Å². The summed E-state index contributed by atoms with van der Waals surface area (Å²) in [5.74, 6) is 0.405. The molecule has 25 heavy (non-hydrogen) atoms. The summed E-state index contributed by atoms with van der Waals surface area (Å²) in [6.45, 7) is 6.09. The van der Waals surface area contributed by atoms with Gasteiger partial charge in [0, 0.05) is 23.9 Å². The van der Waals surface area contributed by atoms with Gasteiger partial charge < -0.3 is 15.4 Å². The lowest BCUT2D eigenvalue weighted by molar-refractivity contribution is -0.114. The first kappa shape index (κ1) is 18.5. The van der Waals surface area contributed by atoms with Crippen molar-refractivity contribution in [3.63, 3.8) is 0 Å². The van der Waals surface area contributed by atoms with Crippen molar-refractivity contribution in [3.8, 4) is 5.75 Å². The molecule has 0 fully saturated rings. The molecule has 2 amide bonds. The summed E-state index contributed by atoms with van der Waals surface area (Å²) in [7, 11) is 0. The minimum absolute atomic E-state index is 0.148. The quantitative estimate of drug-likeness (QED) is 0.735. The van der Waals surface area contributed by atoms with Crippen molar-refractivity contribution in [2.24, 2.45) is 0 Å². The molecule has 0 aliphatic carbocycles. The van der Waals surface area contributed by atoms with Gasteiger partial charge in [-0.25, -0.2) is 0 Å². The van der Waals surface area contributed by atoms with Crippen LogP contribution < -0.4 is 15.4 Å². The van der Waals surface area contributed by atoms with E-state index in [0.29, 0.717) is 23.5 Å². The number of anilines is 2. The van der Waals surface area contributed by atoms with E-state index in [1.54, 1.807) is 42.5 Å². The average Bonchev–Trinajstić information content (AvgIpc) is 2.59. The topological polar surface area (TPSA) is 67.4 Å². The molecular weight excluding hydrogens is 316 g/mol. The maximum atomic E-state index is 12.4. The Morgan fingerprint density at radius 3 is 2.24 bits per heavy atom. The zero-order valence-electron chi connectivity index (χ0n) is 14.9. The molecule has 2 rings (SSSR count). The fourth-order valence-corrected chi connectivity index (χ4v) is 2.33. The Bertz CT molecular complexity index is 739. The number of carbonyl (C=O) groups excluding carboxylic acids is 2. The van der Waals surface area contributed by atoms with Crippen LogP contribution in [0.5, 0.6) is 5.75 Å². The lowest BCUT2D eigenvalue weighted by Crippen LogP contribution is -2.14. The van der Waals surface area contributed by atoms with E-state index in [1.165, 1.54) is 6.92 Å². The molecule has 2 aromatic rings. The van der Waals surface area contributed by atoms with E-state index in [9.17, 15) is 9.59 Å². The van der Waals surface area contributed by atoms with Crippen molar-refractivity contribution in [3.05, 3.63) is 53.6 Å². The van der Waals surface area contributed by atoms with Gasteiger partial charge in [-0.1, -0.05) is 19.4 Å². The van der Waals surface area contributed by atoms with Gasteiger partial charge in [0.25, 0.3) is 5.91 Å². The van der Waals surface area contributed by atoms with E-state index in [-0.39, 0.29) is 11.8 Å². The highest BCUT2D eigenvalue weighted by Gasteiger charge is 2.10. The minimum Gasteiger partial charge on any atom is -0.494 e. The number of rotatable bonds is 7. The molecule has 2 N–H and O–H groups in total. The van der Waals surface area contributed by atoms with Gasteiger partial charge in [0.05, 0.1) is 6.61 Å². The molecular formula is C20H24N2O3. The number of carbonyl (C=O) groups is 2. The maximum absolute atomic E-state index is 12.4. The van der Waals surface area contributed by atoms with Crippen LogP contribution in [0.1, 0.15) is 42.6 Å². The Labute approximate surface area is 148 Å². The molecule has 5 heteroatoms. The Balaban J connectivity index is 2.05. The number of hydrogen-bond acceptors (Lipinski definition) is 3. The summed E-state index contributed by atoms with van der Waals surface area (Å²) in [5.41, 5.74) is 2.71. The van der Waals surface area contributed by atoms with Gasteiger partial charge in [0.2, 0.25) is 5.91 Å². The highest BCUT2D eigenvalue weighted by Crippen LogP contribution is 2.24. The standard InChI is InChI=1S/C20H24N2O3/c1-4-5-13-25-17-11-9-16(10-12-17)20(24)22-19-8-6-7-18(14(19)2)21-15(3)23/h6-12H,4-5,13H2,1-3H3,(H,21,23)(H,22,24). The number of benzene rings is 2. The number of amides is 2. The van der Waals surface area contributed by atoms with Gasteiger partial charge in [0.15, 0.2) is 0 Å². The molecule has 0 aromatic heterocycles. The highest BCUT2D eigenvalue weighted by molar-refractivity contribution is 6.05. The SMILES string of the molecule is CCCCOc1ccc(C(=O)Nc2cccc(NC(C)=O)c2C)cc1. The van der Waals surface area contributed by atoms with Gasteiger partial charge in [0.1, 0.15) is 5.75 Å². The average molecular weight is 340 g/mol. The molecule has 0 aliphatic heterocycles. The summed E-state index contributed by atoms with van der Waals surface area (Å²) >= 11 is 0. The summed E-state index contributed by atoms with van der Waals surface area (Å²) in [4.78, 5) is 23.7. The molecule has 2 aromatic carbocycles. The Kier molecular flexibility index (Phi) is 6.57. The Hall–Kier alpha value is -2.82. The predicted octanol–water partition coefficient (Wildman–Crippen LogP) is 4.38. The molecule has 132 valence electrons. The second kappa shape index (κ2) is 8.87. The molecule has 0 heterocycles. The molecule has 0 spiro atoms. The first-order valence-electron chi connectivity index (χ1n) is 8.42. The first-order chi connectivity index (χ1) is 12.0. The van der Waals surface area contributed by atoms with Crippen LogP contribution in [0.3, 0.4) is 0 Å². The lowest BCUT2D eigenvalue weighted by Gasteiger charge is -2.13. The second-order valence-corrected chi connectivity index (χ2v) is 5.84. The van der Waals surface area contributed by atoms with Crippen molar-refractivity contribution in [1.29, 1.82) is 0 Å². The van der Waals surface area contributed by atoms with Crippen molar-refractivity contribution in [2.75, 3.05) is 17.2 Å². The van der Waals surface area contributed by atoms with Crippen molar-refractivity contribution >= 4 is 23.2 Å². The van der Waals surface area contributed by atoms with Crippen molar-refractivity contribution in [1.82, 2.24) is 0 Å². The molecule has 0 aliphatic rings. The summed E-state index contributed by atoms with van der Waals surface area (Å²) in [5, 5.41) is 5.63. The van der Waals surface area contributed by atoms with Crippen LogP contribution in [0.25, 0.3) is 0 Å². The normalized spacial score (nSPS) is 10.2. The lowest BCUT2D eigenvalue weighted by atomic mass is 10.1. The van der Waals surface area contributed by atoms with Gasteiger partial charge in [-0.15, -0.1) is 0 Å². The zero-order valence-corrected chi connectivity index (χ0v) is 14.9. The van der Waals surface area contributed by atoms with Gasteiger partial charge >= 0.3 is 0 Å². The van der Waals surface area contributed by atoms with E-state index in [4.69, 9.17) is 4.74 Å². The van der Waals surface area contributed by atoms with Crippen LogP contribution >= 0.6 is 0 Å². The summed E-state index contributed by atoms with van der Waals surface area (Å²) < 4.78 is 5.60. The maximum Gasteiger partial charge on any atom is 0.255 e. The second-order valence-electron chi connectivity index (χ2n) is 5.84. The van der Waals surface area contributed by atoms with Crippen LogP contribution in [0.4, 0.5) is 11.4 Å². The predicted molar refractivity (Wildman–Crippen MR) is 100 cm³/mol. The smallest absolute Gasteiger partial charge is 0.255 e. The van der Waals surface area contributed by atoms with Crippen LogP contribution in [0.2, 0.25) is 0 Å². The van der Waals surface area contributed by atoms with Crippen LogP contribution in [-0.2, 0) is 4.79 Å². The molecule has 0 unspecified atom stereocenters. The number of unbranched alkanes of at least 4 members (excludes halogenated alkanes) is 1. The molecule has 0 bridgehead atoms. The third-order valence-electron chi connectivity index (χ3n) is 3.78. The van der Waals surface area contributed by atoms with E-state index >= 15 is 0 Å². The molecule has 0 atom stereocenters. The zero-order chi connectivity index (χ0) is 18.2. The van der Waals surface area contributed by atoms with Gasteiger partial charge in [-0.2, -0.15) is 0 Å². The summed E-state index contributed by atoms with van der Waals surface area (Å²) in [6, 6.07) is 12.5.